The van der Waals surface area contributed by atoms with Crippen LogP contribution in [0.5, 0.6) is 5.75 Å². The molecule has 8 nitrogen and oxygen atoms in total. The van der Waals surface area contributed by atoms with Crippen LogP contribution < -0.4 is 4.74 Å². The van der Waals surface area contributed by atoms with Gasteiger partial charge in [0.05, 0.1) is 35.8 Å². The molecular formula is C37H36FN3O5. The highest BCUT2D eigenvalue weighted by atomic mass is 19.1. The number of fused-ring (bicyclic) bond motifs is 2. The SMILES string of the molecule is O=C(O)c1ccc2nc(CN3CCC(c4cccc5c4O[C@@H](c4ccc(C(=O)C6CC6)cc4F)C=C5)CC3)n(C[C@@H]3CCO3)c2c1. The number of benzene rings is 3. The zero-order valence-electron chi connectivity index (χ0n) is 25.5. The maximum atomic E-state index is 15.3. The molecule has 1 N–H and O–H groups in total. The normalized spacial score (nSPS) is 21.5. The van der Waals surface area contributed by atoms with Crippen molar-refractivity contribution in [1.82, 2.24) is 14.5 Å². The lowest BCUT2D eigenvalue weighted by atomic mass is 9.87. The van der Waals surface area contributed by atoms with Crippen LogP contribution in [0.25, 0.3) is 17.1 Å². The van der Waals surface area contributed by atoms with Crippen molar-refractivity contribution in [1.29, 1.82) is 0 Å². The van der Waals surface area contributed by atoms with Gasteiger partial charge in [-0.1, -0.05) is 36.4 Å². The zero-order valence-corrected chi connectivity index (χ0v) is 25.5. The smallest absolute Gasteiger partial charge is 0.335 e. The Hall–Kier alpha value is -4.34. The third-order valence-corrected chi connectivity index (χ3v) is 9.96. The highest BCUT2D eigenvalue weighted by Gasteiger charge is 2.32. The molecule has 1 saturated carbocycles. The van der Waals surface area contributed by atoms with Crippen LogP contribution in [0.15, 0.2) is 60.7 Å². The Bertz CT molecular complexity index is 1870. The van der Waals surface area contributed by atoms with Crippen molar-refractivity contribution >= 4 is 28.9 Å². The lowest BCUT2D eigenvalue weighted by molar-refractivity contribution is -0.0592. The number of piperidine rings is 1. The van der Waals surface area contributed by atoms with E-state index in [1.54, 1.807) is 30.3 Å². The van der Waals surface area contributed by atoms with E-state index in [-0.39, 0.29) is 23.4 Å². The molecular weight excluding hydrogens is 585 g/mol. The number of ether oxygens (including phenoxy) is 2. The standard InChI is InChI=1S/C37H36FN3O5/c38-30-18-25(35(42)23-4-5-23)6-9-29(30)33-11-8-24-2-1-3-28(36(24)46-33)22-12-15-40(16-13-22)21-34-39-31-10-7-26(37(43)44)19-32(31)41(34)20-27-14-17-45-27/h1-3,6-11,18-19,22-23,27,33H,4-5,12-17,20-21H2,(H,43,44)/t27-,33+/m0/s1. The van der Waals surface area contributed by atoms with Crippen molar-refractivity contribution < 1.29 is 28.6 Å². The number of ketones is 1. The van der Waals surface area contributed by atoms with Crippen LogP contribution in [-0.4, -0.2) is 57.1 Å². The van der Waals surface area contributed by atoms with E-state index in [4.69, 9.17) is 14.5 Å². The Morgan fingerprint density at radius 2 is 1.76 bits per heavy atom. The van der Waals surface area contributed by atoms with Gasteiger partial charge in [-0.05, 0) is 87.0 Å². The van der Waals surface area contributed by atoms with E-state index >= 15 is 4.39 Å². The van der Waals surface area contributed by atoms with Crippen LogP contribution in [0.1, 0.15) is 87.4 Å². The van der Waals surface area contributed by atoms with Gasteiger partial charge in [-0.2, -0.15) is 0 Å². The second-order valence-electron chi connectivity index (χ2n) is 13.0. The topological polar surface area (TPSA) is 93.9 Å². The van der Waals surface area contributed by atoms with Gasteiger partial charge in [-0.3, -0.25) is 9.69 Å². The monoisotopic (exact) mass is 621 g/mol. The average Bonchev–Trinajstić information content (AvgIpc) is 3.84. The Morgan fingerprint density at radius 3 is 2.48 bits per heavy atom. The number of para-hydroxylation sites is 1. The number of hydrogen-bond donors (Lipinski definition) is 1. The second-order valence-corrected chi connectivity index (χ2v) is 13.0. The van der Waals surface area contributed by atoms with Crippen LogP contribution in [0.4, 0.5) is 4.39 Å². The van der Waals surface area contributed by atoms with Crippen molar-refractivity contribution in [2.24, 2.45) is 5.92 Å². The van der Waals surface area contributed by atoms with Crippen LogP contribution in [0.3, 0.4) is 0 Å². The van der Waals surface area contributed by atoms with Gasteiger partial charge >= 0.3 is 5.97 Å². The van der Waals surface area contributed by atoms with Gasteiger partial charge in [-0.25, -0.2) is 14.2 Å². The van der Waals surface area contributed by atoms with E-state index in [0.29, 0.717) is 30.1 Å². The van der Waals surface area contributed by atoms with Crippen molar-refractivity contribution in [2.75, 3.05) is 19.7 Å². The summed E-state index contributed by atoms with van der Waals surface area (Å²) < 4.78 is 29.6. The number of hydrogen-bond acceptors (Lipinski definition) is 6. The molecule has 0 bridgehead atoms. The molecule has 3 aromatic carbocycles. The molecule has 1 aliphatic carbocycles. The predicted molar refractivity (Wildman–Crippen MR) is 171 cm³/mol. The number of likely N-dealkylation sites (tertiary alicyclic amines) is 1. The third-order valence-electron chi connectivity index (χ3n) is 9.96. The number of imidazole rings is 1. The number of aromatic carboxylic acids is 1. The second kappa shape index (κ2) is 11.8. The number of Topliss-reactive ketones (excluding diaryl/α,β-unsaturated/α-hetero) is 1. The molecule has 2 saturated heterocycles. The molecule has 0 unspecified atom stereocenters. The van der Waals surface area contributed by atoms with Crippen molar-refractivity contribution in [2.45, 2.75) is 63.3 Å². The summed E-state index contributed by atoms with van der Waals surface area (Å²) in [7, 11) is 0. The minimum atomic E-state index is -0.949. The first-order chi connectivity index (χ1) is 22.4. The van der Waals surface area contributed by atoms with Gasteiger partial charge in [0.1, 0.15) is 23.5 Å². The van der Waals surface area contributed by atoms with E-state index in [0.717, 1.165) is 85.5 Å². The molecule has 1 aromatic heterocycles. The molecule has 4 aromatic rings. The van der Waals surface area contributed by atoms with Gasteiger partial charge in [0.25, 0.3) is 0 Å². The summed E-state index contributed by atoms with van der Waals surface area (Å²) in [6, 6.07) is 16.1. The highest BCUT2D eigenvalue weighted by molar-refractivity contribution is 5.99. The molecule has 3 fully saturated rings. The molecule has 236 valence electrons. The summed E-state index contributed by atoms with van der Waals surface area (Å²) in [6.45, 7) is 3.84. The van der Waals surface area contributed by atoms with E-state index in [9.17, 15) is 14.7 Å². The first-order valence-electron chi connectivity index (χ1n) is 16.3. The molecule has 9 heteroatoms. The number of rotatable bonds is 9. The van der Waals surface area contributed by atoms with E-state index in [1.807, 2.05) is 18.2 Å². The number of halogens is 1. The van der Waals surface area contributed by atoms with Crippen LogP contribution in [-0.2, 0) is 17.8 Å². The maximum absolute atomic E-state index is 15.3. The molecule has 4 heterocycles. The maximum Gasteiger partial charge on any atom is 0.335 e. The Morgan fingerprint density at radius 1 is 0.957 bits per heavy atom. The number of carboxylic acids is 1. The fraction of sp³-hybridized carbons (Fsp3) is 0.378. The van der Waals surface area contributed by atoms with Crippen molar-refractivity contribution in [3.8, 4) is 5.75 Å². The third kappa shape index (κ3) is 5.52. The van der Waals surface area contributed by atoms with Crippen molar-refractivity contribution in [3.63, 3.8) is 0 Å². The van der Waals surface area contributed by atoms with Crippen molar-refractivity contribution in [3.05, 3.63) is 100 Å². The Labute approximate surface area is 266 Å². The summed E-state index contributed by atoms with van der Waals surface area (Å²) in [4.78, 5) is 31.5. The highest BCUT2D eigenvalue weighted by Crippen LogP contribution is 2.42. The summed E-state index contributed by atoms with van der Waals surface area (Å²) in [5.41, 5.74) is 4.89. The number of aromatic nitrogens is 2. The lowest BCUT2D eigenvalue weighted by Gasteiger charge is -2.34. The Kier molecular flexibility index (Phi) is 7.45. The first-order valence-corrected chi connectivity index (χ1v) is 16.3. The molecule has 2 atom stereocenters. The number of carbonyl (C=O) groups is 2. The first kappa shape index (κ1) is 29.1. The molecule has 0 amide bonds. The molecule has 46 heavy (non-hydrogen) atoms. The fourth-order valence-corrected chi connectivity index (χ4v) is 7.04. The van der Waals surface area contributed by atoms with E-state index in [1.165, 1.54) is 6.07 Å². The average molecular weight is 622 g/mol. The van der Waals surface area contributed by atoms with Crippen LogP contribution >= 0.6 is 0 Å². The summed E-state index contributed by atoms with van der Waals surface area (Å²) in [5, 5.41) is 9.56. The van der Waals surface area contributed by atoms with Gasteiger partial charge < -0.3 is 19.1 Å². The lowest BCUT2D eigenvalue weighted by Crippen LogP contribution is -2.35. The van der Waals surface area contributed by atoms with Gasteiger partial charge in [0, 0.05) is 29.2 Å². The van der Waals surface area contributed by atoms with E-state index in [2.05, 4.69) is 21.6 Å². The summed E-state index contributed by atoms with van der Waals surface area (Å²) >= 11 is 0. The van der Waals surface area contributed by atoms with Gasteiger partial charge in [0.2, 0.25) is 0 Å². The molecule has 4 aliphatic rings. The van der Waals surface area contributed by atoms with Gasteiger partial charge in [0.15, 0.2) is 5.78 Å². The van der Waals surface area contributed by atoms with E-state index < -0.39 is 17.9 Å². The largest absolute Gasteiger partial charge is 0.481 e. The van der Waals surface area contributed by atoms with Gasteiger partial charge in [-0.15, -0.1) is 0 Å². The quantitative estimate of drug-likeness (QED) is 0.206. The molecule has 3 aliphatic heterocycles. The molecule has 0 spiro atoms. The molecule has 8 rings (SSSR count). The van der Waals surface area contributed by atoms with Crippen LogP contribution in [0, 0.1) is 11.7 Å². The predicted octanol–water partition coefficient (Wildman–Crippen LogP) is 6.78. The summed E-state index contributed by atoms with van der Waals surface area (Å²) in [6.07, 6.45) is 8.10. The number of nitrogens with zero attached hydrogens (tertiary/aromatic N) is 3. The molecule has 0 radical (unpaired) electrons. The minimum absolute atomic E-state index is 0.0291. The van der Waals surface area contributed by atoms with Crippen LogP contribution in [0.2, 0.25) is 0 Å². The minimum Gasteiger partial charge on any atom is -0.481 e. The zero-order chi connectivity index (χ0) is 31.4. The summed E-state index contributed by atoms with van der Waals surface area (Å²) in [5.74, 6) is 0.741. The number of carbonyl (C=O) groups excluding carboxylic acids is 1. The Balaban J connectivity index is 0.976. The number of carboxylic acid groups (broad SMARTS) is 1. The fourth-order valence-electron chi connectivity index (χ4n) is 7.04.